The largest absolute Gasteiger partial charge is 0.341 e. The van der Waals surface area contributed by atoms with Gasteiger partial charge in [0.1, 0.15) is 6.04 Å². The molecular weight excluding hydrogens is 200 g/mol. The second-order valence-electron chi connectivity index (χ2n) is 3.32. The second-order valence-corrected chi connectivity index (χ2v) is 3.32. The van der Waals surface area contributed by atoms with E-state index in [1.54, 1.807) is 7.05 Å². The average Bonchev–Trinajstić information content (AvgIpc) is 2.69. The van der Waals surface area contributed by atoms with Crippen LogP contribution in [-0.4, -0.2) is 50.0 Å². The number of imide groups is 1. The molecule has 1 atom stereocenters. The van der Waals surface area contributed by atoms with Gasteiger partial charge in [0, 0.05) is 14.1 Å². The average molecular weight is 210 g/mol. The molecule has 2 heterocycles. The summed E-state index contributed by atoms with van der Waals surface area (Å²) in [5, 5.41) is 13.5. The van der Waals surface area contributed by atoms with Gasteiger partial charge in [-0.1, -0.05) is 5.10 Å². The second kappa shape index (κ2) is 3.30. The summed E-state index contributed by atoms with van der Waals surface area (Å²) < 4.78 is 1.40. The molecule has 0 aromatic carbocycles. The Morgan fingerprint density at radius 1 is 1.40 bits per heavy atom. The summed E-state index contributed by atoms with van der Waals surface area (Å²) in [7, 11) is 3.11. The lowest BCUT2D eigenvalue weighted by Crippen LogP contribution is -2.32. The third kappa shape index (κ3) is 1.53. The van der Waals surface area contributed by atoms with Crippen molar-refractivity contribution in [2.75, 3.05) is 12.4 Å². The van der Waals surface area contributed by atoms with E-state index >= 15 is 0 Å². The molecule has 8 nitrogen and oxygen atoms in total. The van der Waals surface area contributed by atoms with Crippen LogP contribution in [0.5, 0.6) is 0 Å². The van der Waals surface area contributed by atoms with E-state index in [-0.39, 0.29) is 18.2 Å². The molecule has 0 bridgehead atoms. The normalized spacial score (nSPS) is 21.2. The minimum atomic E-state index is -0.563. The zero-order valence-corrected chi connectivity index (χ0v) is 8.34. The van der Waals surface area contributed by atoms with Crippen LogP contribution in [0.3, 0.4) is 0 Å². The molecule has 0 aliphatic carbocycles. The predicted molar refractivity (Wildman–Crippen MR) is 48.6 cm³/mol. The molecule has 1 aromatic heterocycles. The van der Waals surface area contributed by atoms with Crippen LogP contribution in [-0.2, 0) is 16.6 Å². The van der Waals surface area contributed by atoms with Gasteiger partial charge in [-0.15, -0.1) is 0 Å². The van der Waals surface area contributed by atoms with Crippen molar-refractivity contribution in [1.82, 2.24) is 25.1 Å². The lowest BCUT2D eigenvalue weighted by Gasteiger charge is -2.09. The fourth-order valence-corrected chi connectivity index (χ4v) is 1.38. The van der Waals surface area contributed by atoms with Gasteiger partial charge in [0.05, 0.1) is 6.42 Å². The number of tetrazole rings is 1. The predicted octanol–water partition coefficient (Wildman–Crippen LogP) is -1.62. The molecule has 2 rings (SSSR count). The van der Waals surface area contributed by atoms with Crippen molar-refractivity contribution in [3.05, 3.63) is 0 Å². The molecule has 0 spiro atoms. The number of amides is 2. The van der Waals surface area contributed by atoms with Crippen molar-refractivity contribution in [2.45, 2.75) is 12.5 Å². The van der Waals surface area contributed by atoms with Crippen LogP contribution in [0.25, 0.3) is 0 Å². The van der Waals surface area contributed by atoms with E-state index < -0.39 is 6.04 Å². The van der Waals surface area contributed by atoms with Crippen LogP contribution in [0.2, 0.25) is 0 Å². The summed E-state index contributed by atoms with van der Waals surface area (Å²) in [4.78, 5) is 23.8. The first-order chi connectivity index (χ1) is 7.09. The number of hydrogen-bond acceptors (Lipinski definition) is 6. The number of rotatable bonds is 2. The maximum absolute atomic E-state index is 11.5. The maximum Gasteiger partial charge on any atom is 0.252 e. The van der Waals surface area contributed by atoms with Crippen LogP contribution in [0, 0.1) is 0 Å². The highest BCUT2D eigenvalue weighted by molar-refractivity contribution is 6.06. The summed E-state index contributed by atoms with van der Waals surface area (Å²) in [5.41, 5.74) is 0. The summed E-state index contributed by atoms with van der Waals surface area (Å²) >= 11 is 0. The highest BCUT2D eigenvalue weighted by atomic mass is 16.2. The van der Waals surface area contributed by atoms with Crippen molar-refractivity contribution >= 4 is 17.8 Å². The summed E-state index contributed by atoms with van der Waals surface area (Å²) in [6.07, 6.45) is 0.141. The maximum atomic E-state index is 11.5. The fourth-order valence-electron chi connectivity index (χ4n) is 1.38. The number of hydrogen-bond donors (Lipinski definition) is 1. The monoisotopic (exact) mass is 210 g/mol. The highest BCUT2D eigenvalue weighted by Crippen LogP contribution is 2.14. The molecular formula is C7H10N6O2. The molecule has 1 unspecified atom stereocenters. The number of carbonyl (C=O) groups is 2. The molecule has 1 aliphatic heterocycles. The minimum Gasteiger partial charge on any atom is -0.341 e. The Bertz CT molecular complexity index is 413. The first-order valence-corrected chi connectivity index (χ1v) is 4.39. The van der Waals surface area contributed by atoms with Gasteiger partial charge in [0.2, 0.25) is 11.9 Å². The van der Waals surface area contributed by atoms with Crippen molar-refractivity contribution < 1.29 is 9.59 Å². The minimum absolute atomic E-state index is 0.141. The Morgan fingerprint density at radius 2 is 2.13 bits per heavy atom. The fraction of sp³-hybridized carbons (Fsp3) is 0.571. The summed E-state index contributed by atoms with van der Waals surface area (Å²) in [5.74, 6) is -0.0907. The Hall–Kier alpha value is -1.99. The van der Waals surface area contributed by atoms with Gasteiger partial charge < -0.3 is 5.32 Å². The molecule has 8 heteroatoms. The van der Waals surface area contributed by atoms with E-state index in [0.29, 0.717) is 5.95 Å². The number of anilines is 1. The molecule has 1 saturated heterocycles. The number of aromatic nitrogens is 4. The van der Waals surface area contributed by atoms with Crippen molar-refractivity contribution in [1.29, 1.82) is 0 Å². The molecule has 1 aromatic rings. The zero-order chi connectivity index (χ0) is 11.0. The summed E-state index contributed by atoms with van der Waals surface area (Å²) in [6.45, 7) is 0. The van der Waals surface area contributed by atoms with Crippen molar-refractivity contribution in [2.24, 2.45) is 7.05 Å². The molecule has 0 saturated carbocycles. The molecule has 2 amide bonds. The Labute approximate surface area is 85.2 Å². The number of nitrogens with one attached hydrogen (secondary N) is 1. The summed E-state index contributed by atoms with van der Waals surface area (Å²) in [6, 6.07) is -0.563. The van der Waals surface area contributed by atoms with Crippen molar-refractivity contribution in [3.63, 3.8) is 0 Å². The number of nitrogens with zero attached hydrogens (tertiary/aromatic N) is 5. The molecule has 1 fully saturated rings. The number of aryl methyl sites for hydroxylation is 1. The van der Waals surface area contributed by atoms with Crippen LogP contribution in [0.15, 0.2) is 0 Å². The van der Waals surface area contributed by atoms with Gasteiger partial charge in [0.15, 0.2) is 0 Å². The van der Waals surface area contributed by atoms with E-state index in [9.17, 15) is 9.59 Å². The first-order valence-electron chi connectivity index (χ1n) is 4.39. The van der Waals surface area contributed by atoms with Gasteiger partial charge in [-0.25, -0.2) is 4.68 Å². The topological polar surface area (TPSA) is 93.0 Å². The van der Waals surface area contributed by atoms with Gasteiger partial charge in [-0.2, -0.15) is 0 Å². The van der Waals surface area contributed by atoms with Gasteiger partial charge in [-0.3, -0.25) is 14.5 Å². The standard InChI is InChI=1S/C7H10N6O2/c1-12-5(14)3-4(6(12)15)8-7-9-10-11-13(7)2/h4H,3H2,1-2H3,(H,8,9,11). The third-order valence-corrected chi connectivity index (χ3v) is 2.30. The Balaban J connectivity index is 2.12. The van der Waals surface area contributed by atoms with Crippen LogP contribution >= 0.6 is 0 Å². The molecule has 15 heavy (non-hydrogen) atoms. The van der Waals surface area contributed by atoms with Gasteiger partial charge in [0.25, 0.3) is 5.91 Å². The lowest BCUT2D eigenvalue weighted by atomic mass is 10.2. The molecule has 0 radical (unpaired) electrons. The Kier molecular flexibility index (Phi) is 2.10. The highest BCUT2D eigenvalue weighted by Gasteiger charge is 2.36. The first kappa shape index (κ1) is 9.56. The Morgan fingerprint density at radius 3 is 2.60 bits per heavy atom. The third-order valence-electron chi connectivity index (χ3n) is 2.30. The van der Waals surface area contributed by atoms with E-state index in [1.807, 2.05) is 0 Å². The molecule has 1 N–H and O–H groups in total. The van der Waals surface area contributed by atoms with E-state index in [4.69, 9.17) is 0 Å². The van der Waals surface area contributed by atoms with E-state index in [0.717, 1.165) is 4.90 Å². The SMILES string of the molecule is CN1C(=O)CC(Nc2nnnn2C)C1=O. The zero-order valence-electron chi connectivity index (χ0n) is 8.34. The lowest BCUT2D eigenvalue weighted by molar-refractivity contribution is -0.136. The number of likely N-dealkylation sites (tertiary alicyclic amines) is 1. The van der Waals surface area contributed by atoms with Gasteiger partial charge >= 0.3 is 0 Å². The van der Waals surface area contributed by atoms with Crippen molar-refractivity contribution in [3.8, 4) is 0 Å². The molecule has 1 aliphatic rings. The van der Waals surface area contributed by atoms with Crippen LogP contribution in [0.1, 0.15) is 6.42 Å². The van der Waals surface area contributed by atoms with E-state index in [2.05, 4.69) is 20.8 Å². The molecule has 80 valence electrons. The van der Waals surface area contributed by atoms with E-state index in [1.165, 1.54) is 11.7 Å². The van der Waals surface area contributed by atoms with Crippen LogP contribution < -0.4 is 5.32 Å². The van der Waals surface area contributed by atoms with Crippen LogP contribution in [0.4, 0.5) is 5.95 Å². The number of likely N-dealkylation sites (N-methyl/N-ethyl adjacent to an activating group) is 1. The number of carbonyl (C=O) groups excluding carboxylic acids is 2. The van der Waals surface area contributed by atoms with Gasteiger partial charge in [-0.05, 0) is 10.4 Å². The quantitative estimate of drug-likeness (QED) is 0.590. The smallest absolute Gasteiger partial charge is 0.252 e.